The Morgan fingerprint density at radius 3 is 2.42 bits per heavy atom. The smallest absolute Gasteiger partial charge is 0.254 e. The molecule has 10 nitrogen and oxygen atoms in total. The molecule has 33 heavy (non-hydrogen) atoms. The number of aryl methyl sites for hydroxylation is 2. The lowest BCUT2D eigenvalue weighted by Crippen LogP contribution is -2.48. The molecule has 0 atom stereocenters. The standard InChI is InChI=1S/C21H25N7O3S2/c1-14-4-6-17(7-5-14)25-20-23-15(2)12-18(26-20)27-8-10-28(11-9-27)33(30,31)19-13-22-21(32-19)24-16(3)29/h4-7,12-13H,8-11H2,1-3H3,(H,22,24,29)(H,23,25,26). The lowest BCUT2D eigenvalue weighted by Gasteiger charge is -2.34. The van der Waals surface area contributed by atoms with Gasteiger partial charge in [-0.1, -0.05) is 29.0 Å². The van der Waals surface area contributed by atoms with E-state index >= 15 is 0 Å². The molecule has 1 aliphatic heterocycles. The van der Waals surface area contributed by atoms with Crippen LogP contribution in [0.3, 0.4) is 0 Å². The molecule has 3 heterocycles. The molecule has 4 rings (SSSR count). The second kappa shape index (κ2) is 9.41. The Hall–Kier alpha value is -3.09. The summed E-state index contributed by atoms with van der Waals surface area (Å²) in [5, 5.41) is 6.02. The Morgan fingerprint density at radius 1 is 1.06 bits per heavy atom. The predicted molar refractivity (Wildman–Crippen MR) is 129 cm³/mol. The van der Waals surface area contributed by atoms with Gasteiger partial charge in [-0.2, -0.15) is 9.29 Å². The maximum Gasteiger partial charge on any atom is 0.254 e. The van der Waals surface area contributed by atoms with Gasteiger partial charge in [0.2, 0.25) is 11.9 Å². The topological polar surface area (TPSA) is 120 Å². The molecule has 0 spiro atoms. The van der Waals surface area contributed by atoms with Gasteiger partial charge >= 0.3 is 0 Å². The summed E-state index contributed by atoms with van der Waals surface area (Å²) in [5.41, 5.74) is 2.89. The molecule has 0 bridgehead atoms. The molecule has 0 saturated carbocycles. The number of carbonyl (C=O) groups excluding carboxylic acids is 1. The zero-order chi connectivity index (χ0) is 23.6. The average molecular weight is 488 g/mol. The highest BCUT2D eigenvalue weighted by Crippen LogP contribution is 2.27. The molecule has 2 aromatic heterocycles. The normalized spacial score (nSPS) is 14.8. The fourth-order valence-corrected chi connectivity index (χ4v) is 6.06. The Morgan fingerprint density at radius 2 is 1.76 bits per heavy atom. The number of piperazine rings is 1. The summed E-state index contributed by atoms with van der Waals surface area (Å²) in [7, 11) is -3.68. The van der Waals surface area contributed by atoms with Crippen molar-refractivity contribution in [2.24, 2.45) is 0 Å². The fraction of sp³-hybridized carbons (Fsp3) is 0.333. The van der Waals surface area contributed by atoms with Crippen LogP contribution in [0.25, 0.3) is 0 Å². The van der Waals surface area contributed by atoms with Gasteiger partial charge in [0.05, 0.1) is 6.20 Å². The van der Waals surface area contributed by atoms with Crippen molar-refractivity contribution in [2.75, 3.05) is 41.7 Å². The molecular weight excluding hydrogens is 462 g/mol. The minimum Gasteiger partial charge on any atom is -0.354 e. The summed E-state index contributed by atoms with van der Waals surface area (Å²) >= 11 is 0.949. The van der Waals surface area contributed by atoms with Crippen molar-refractivity contribution in [3.05, 3.63) is 47.8 Å². The molecule has 1 amide bonds. The number of thiazole rings is 1. The number of nitrogens with one attached hydrogen (secondary N) is 2. The van der Waals surface area contributed by atoms with E-state index in [4.69, 9.17) is 0 Å². The van der Waals surface area contributed by atoms with Gasteiger partial charge in [-0.25, -0.2) is 18.4 Å². The van der Waals surface area contributed by atoms with Crippen LogP contribution in [-0.2, 0) is 14.8 Å². The van der Waals surface area contributed by atoms with Gasteiger partial charge in [0.25, 0.3) is 10.0 Å². The zero-order valence-corrected chi connectivity index (χ0v) is 20.2. The minimum absolute atomic E-state index is 0.113. The first kappa shape index (κ1) is 23.1. The zero-order valence-electron chi connectivity index (χ0n) is 18.6. The van der Waals surface area contributed by atoms with Gasteiger partial charge in [-0.05, 0) is 26.0 Å². The highest BCUT2D eigenvalue weighted by Gasteiger charge is 2.31. The van der Waals surface area contributed by atoms with Gasteiger partial charge in [-0.15, -0.1) is 0 Å². The Bertz CT molecular complexity index is 1250. The monoisotopic (exact) mass is 487 g/mol. The predicted octanol–water partition coefficient (Wildman–Crippen LogP) is 2.76. The largest absolute Gasteiger partial charge is 0.354 e. The quantitative estimate of drug-likeness (QED) is 0.545. The first-order valence-electron chi connectivity index (χ1n) is 10.4. The molecule has 12 heteroatoms. The maximum absolute atomic E-state index is 13.0. The van der Waals surface area contributed by atoms with Crippen molar-refractivity contribution in [3.63, 3.8) is 0 Å². The molecule has 1 aliphatic rings. The van der Waals surface area contributed by atoms with E-state index in [-0.39, 0.29) is 15.2 Å². The molecule has 0 aliphatic carbocycles. The average Bonchev–Trinajstić information content (AvgIpc) is 3.24. The maximum atomic E-state index is 13.0. The fourth-order valence-electron chi connectivity index (χ4n) is 3.41. The third-order valence-electron chi connectivity index (χ3n) is 5.07. The second-order valence-corrected chi connectivity index (χ2v) is 10.9. The molecule has 0 radical (unpaired) electrons. The van der Waals surface area contributed by atoms with Crippen LogP contribution in [0.4, 0.5) is 22.6 Å². The highest BCUT2D eigenvalue weighted by molar-refractivity contribution is 7.91. The van der Waals surface area contributed by atoms with Crippen LogP contribution >= 0.6 is 11.3 Å². The van der Waals surface area contributed by atoms with Crippen molar-refractivity contribution >= 4 is 49.9 Å². The molecular formula is C21H25N7O3S2. The third-order valence-corrected chi connectivity index (χ3v) is 8.32. The number of amides is 1. The van der Waals surface area contributed by atoms with Crippen molar-refractivity contribution in [3.8, 4) is 0 Å². The highest BCUT2D eigenvalue weighted by atomic mass is 32.2. The van der Waals surface area contributed by atoms with E-state index in [1.165, 1.54) is 23.0 Å². The SMILES string of the molecule is CC(=O)Nc1ncc(S(=O)(=O)N2CCN(c3cc(C)nc(Nc4ccc(C)cc4)n3)CC2)s1. The minimum atomic E-state index is -3.68. The van der Waals surface area contributed by atoms with Crippen LogP contribution in [0, 0.1) is 13.8 Å². The van der Waals surface area contributed by atoms with Crippen molar-refractivity contribution < 1.29 is 13.2 Å². The number of carbonyl (C=O) groups is 1. The lowest BCUT2D eigenvalue weighted by molar-refractivity contribution is -0.114. The van der Waals surface area contributed by atoms with E-state index in [0.717, 1.165) is 28.5 Å². The first-order chi connectivity index (χ1) is 15.7. The van der Waals surface area contributed by atoms with Gasteiger partial charge in [-0.3, -0.25) is 4.79 Å². The number of rotatable bonds is 6. The summed E-state index contributed by atoms with van der Waals surface area (Å²) in [5.74, 6) is 0.956. The number of sulfonamides is 1. The van der Waals surface area contributed by atoms with Crippen LogP contribution in [0.1, 0.15) is 18.2 Å². The summed E-state index contributed by atoms with van der Waals surface area (Å²) in [4.78, 5) is 26.3. The van der Waals surface area contributed by atoms with E-state index in [1.807, 2.05) is 44.2 Å². The number of anilines is 4. The Labute approximate surface area is 196 Å². The van der Waals surface area contributed by atoms with Crippen molar-refractivity contribution in [1.29, 1.82) is 0 Å². The van der Waals surface area contributed by atoms with Gasteiger partial charge in [0.15, 0.2) is 9.34 Å². The number of hydrogen-bond donors (Lipinski definition) is 2. The lowest BCUT2D eigenvalue weighted by atomic mass is 10.2. The van der Waals surface area contributed by atoms with Gasteiger partial charge in [0, 0.05) is 50.6 Å². The Kier molecular flexibility index (Phi) is 6.58. The second-order valence-electron chi connectivity index (χ2n) is 7.74. The van der Waals surface area contributed by atoms with Crippen LogP contribution < -0.4 is 15.5 Å². The van der Waals surface area contributed by atoms with Crippen molar-refractivity contribution in [1.82, 2.24) is 19.3 Å². The molecule has 1 saturated heterocycles. The molecule has 1 aromatic carbocycles. The van der Waals surface area contributed by atoms with Crippen LogP contribution in [0.2, 0.25) is 0 Å². The summed E-state index contributed by atoms with van der Waals surface area (Å²) < 4.78 is 27.5. The summed E-state index contributed by atoms with van der Waals surface area (Å²) in [6, 6.07) is 9.87. The van der Waals surface area contributed by atoms with E-state index in [9.17, 15) is 13.2 Å². The van der Waals surface area contributed by atoms with Gasteiger partial charge < -0.3 is 15.5 Å². The van der Waals surface area contributed by atoms with Crippen molar-refractivity contribution in [2.45, 2.75) is 25.0 Å². The van der Waals surface area contributed by atoms with Crippen LogP contribution in [0.5, 0.6) is 0 Å². The van der Waals surface area contributed by atoms with E-state index in [1.54, 1.807) is 0 Å². The van der Waals surface area contributed by atoms with E-state index < -0.39 is 10.0 Å². The third kappa shape index (κ3) is 5.46. The molecule has 174 valence electrons. The van der Waals surface area contributed by atoms with E-state index in [0.29, 0.717) is 32.1 Å². The molecule has 3 aromatic rings. The number of aromatic nitrogens is 3. The number of hydrogen-bond acceptors (Lipinski definition) is 9. The first-order valence-corrected chi connectivity index (χ1v) is 12.6. The van der Waals surface area contributed by atoms with Crippen LogP contribution in [0.15, 0.2) is 40.7 Å². The van der Waals surface area contributed by atoms with Gasteiger partial charge in [0.1, 0.15) is 5.82 Å². The molecule has 0 unspecified atom stereocenters. The van der Waals surface area contributed by atoms with Crippen LogP contribution in [-0.4, -0.2) is 59.8 Å². The molecule has 2 N–H and O–H groups in total. The summed E-state index contributed by atoms with van der Waals surface area (Å²) in [6.45, 7) is 6.92. The number of nitrogens with zero attached hydrogens (tertiary/aromatic N) is 5. The number of benzene rings is 1. The Balaban J connectivity index is 1.44. The summed E-state index contributed by atoms with van der Waals surface area (Å²) in [6.07, 6.45) is 1.29. The van der Waals surface area contributed by atoms with E-state index in [2.05, 4.69) is 30.5 Å². The molecule has 1 fully saturated rings.